The van der Waals surface area contributed by atoms with E-state index in [1.54, 1.807) is 26.8 Å². The maximum absolute atomic E-state index is 10.7. The molecule has 1 aromatic heterocycles. The van der Waals surface area contributed by atoms with Crippen LogP contribution in [-0.2, 0) is 5.54 Å². The molecule has 2 N–H and O–H groups in total. The Kier molecular flexibility index (Phi) is 3.07. The quantitative estimate of drug-likeness (QED) is 0.670. The van der Waals surface area contributed by atoms with Crippen molar-refractivity contribution >= 4 is 5.69 Å². The minimum Gasteiger partial charge on any atom is -0.334 e. The van der Waals surface area contributed by atoms with Gasteiger partial charge in [0.1, 0.15) is 0 Å². The summed E-state index contributed by atoms with van der Waals surface area (Å²) in [4.78, 5) is 14.4. The summed E-state index contributed by atoms with van der Waals surface area (Å²) in [5, 5.41) is 14.5. The van der Waals surface area contributed by atoms with Crippen molar-refractivity contribution in [2.24, 2.45) is 5.73 Å². The third kappa shape index (κ3) is 2.60. The fraction of sp³-hybridized carbons (Fsp3) is 0.333. The van der Waals surface area contributed by atoms with Crippen LogP contribution >= 0.6 is 0 Å². The van der Waals surface area contributed by atoms with Gasteiger partial charge in [0.05, 0.1) is 10.5 Å². The fourth-order valence-electron chi connectivity index (χ4n) is 1.60. The highest BCUT2D eigenvalue weighted by Crippen LogP contribution is 2.26. The summed E-state index contributed by atoms with van der Waals surface area (Å²) in [6, 6.07) is 4.46. The van der Waals surface area contributed by atoms with Gasteiger partial charge in [-0.15, -0.1) is 0 Å². The van der Waals surface area contributed by atoms with Gasteiger partial charge in [0.25, 0.3) is 11.6 Å². The first-order valence-corrected chi connectivity index (χ1v) is 5.67. The summed E-state index contributed by atoms with van der Waals surface area (Å²) in [6.45, 7) is 5.29. The summed E-state index contributed by atoms with van der Waals surface area (Å²) in [7, 11) is 0. The Hall–Kier alpha value is -2.28. The van der Waals surface area contributed by atoms with E-state index in [4.69, 9.17) is 10.3 Å². The van der Waals surface area contributed by atoms with Gasteiger partial charge in [0.15, 0.2) is 5.82 Å². The Bertz CT molecular complexity index is 628. The summed E-state index contributed by atoms with van der Waals surface area (Å²) in [5.41, 5.74) is 6.56. The lowest BCUT2D eigenvalue weighted by atomic mass is 10.1. The first-order valence-electron chi connectivity index (χ1n) is 5.67. The second-order valence-corrected chi connectivity index (χ2v) is 4.90. The number of rotatable bonds is 3. The van der Waals surface area contributed by atoms with Crippen molar-refractivity contribution in [3.8, 4) is 11.5 Å². The highest BCUT2D eigenvalue weighted by Gasteiger charge is 2.23. The lowest BCUT2D eigenvalue weighted by molar-refractivity contribution is -0.384. The van der Waals surface area contributed by atoms with Gasteiger partial charge >= 0.3 is 0 Å². The number of nitrogens with two attached hydrogens (primary N) is 1. The molecule has 7 nitrogen and oxygen atoms in total. The van der Waals surface area contributed by atoms with Gasteiger partial charge in [0, 0.05) is 17.7 Å². The Labute approximate surface area is 109 Å². The number of aryl methyl sites for hydroxylation is 1. The highest BCUT2D eigenvalue weighted by atomic mass is 16.6. The first-order chi connectivity index (χ1) is 8.79. The fourth-order valence-corrected chi connectivity index (χ4v) is 1.60. The number of hydrogen-bond acceptors (Lipinski definition) is 6. The Morgan fingerprint density at radius 1 is 1.42 bits per heavy atom. The molecule has 0 aliphatic heterocycles. The van der Waals surface area contributed by atoms with E-state index in [9.17, 15) is 10.1 Å². The molecule has 7 heteroatoms. The van der Waals surface area contributed by atoms with E-state index >= 15 is 0 Å². The van der Waals surface area contributed by atoms with Gasteiger partial charge in [-0.2, -0.15) is 4.98 Å². The van der Waals surface area contributed by atoms with E-state index in [1.807, 2.05) is 0 Å². The summed E-state index contributed by atoms with van der Waals surface area (Å²) in [6.07, 6.45) is 0. The van der Waals surface area contributed by atoms with Gasteiger partial charge < -0.3 is 10.3 Å². The number of nitro groups is 1. The molecule has 0 saturated heterocycles. The molecule has 0 radical (unpaired) electrons. The monoisotopic (exact) mass is 262 g/mol. The van der Waals surface area contributed by atoms with Crippen molar-refractivity contribution < 1.29 is 9.45 Å². The molecule has 0 aliphatic rings. The minimum absolute atomic E-state index is 0.0279. The minimum atomic E-state index is -0.698. The predicted octanol–water partition coefficient (Wildman–Crippen LogP) is 2.15. The van der Waals surface area contributed by atoms with Crippen molar-refractivity contribution in [2.45, 2.75) is 26.3 Å². The van der Waals surface area contributed by atoms with E-state index in [-0.39, 0.29) is 5.69 Å². The number of aromatic nitrogens is 2. The Balaban J connectivity index is 2.43. The van der Waals surface area contributed by atoms with Crippen LogP contribution in [0.2, 0.25) is 0 Å². The van der Waals surface area contributed by atoms with Crippen LogP contribution in [0.5, 0.6) is 0 Å². The zero-order chi connectivity index (χ0) is 14.2. The van der Waals surface area contributed by atoms with Crippen LogP contribution in [0, 0.1) is 17.0 Å². The Morgan fingerprint density at radius 3 is 2.58 bits per heavy atom. The van der Waals surface area contributed by atoms with Crippen molar-refractivity contribution in [3.63, 3.8) is 0 Å². The van der Waals surface area contributed by atoms with Crippen LogP contribution < -0.4 is 5.73 Å². The number of hydrogen-bond donors (Lipinski definition) is 1. The van der Waals surface area contributed by atoms with Crippen LogP contribution in [-0.4, -0.2) is 15.1 Å². The lowest BCUT2D eigenvalue weighted by Crippen LogP contribution is -2.30. The first kappa shape index (κ1) is 13.2. The summed E-state index contributed by atoms with van der Waals surface area (Å²) < 4.78 is 5.15. The molecule has 0 saturated carbocycles. The van der Waals surface area contributed by atoms with Crippen molar-refractivity contribution in [1.29, 1.82) is 0 Å². The molecule has 0 bridgehead atoms. The van der Waals surface area contributed by atoms with Crippen LogP contribution in [0.25, 0.3) is 11.5 Å². The molecule has 2 aromatic rings. The van der Waals surface area contributed by atoms with Gasteiger partial charge in [-0.25, -0.2) is 0 Å². The second-order valence-electron chi connectivity index (χ2n) is 4.90. The average Bonchev–Trinajstić information content (AvgIpc) is 2.77. The average molecular weight is 262 g/mol. The van der Waals surface area contributed by atoms with Crippen LogP contribution in [0.3, 0.4) is 0 Å². The molecule has 0 spiro atoms. The molecule has 1 aromatic carbocycles. The molecule has 0 aliphatic carbocycles. The van der Waals surface area contributed by atoms with E-state index in [1.165, 1.54) is 12.1 Å². The molecular formula is C12H14N4O3. The molecular weight excluding hydrogens is 248 g/mol. The van der Waals surface area contributed by atoms with Crippen molar-refractivity contribution in [3.05, 3.63) is 39.7 Å². The third-order valence-electron chi connectivity index (χ3n) is 2.65. The second kappa shape index (κ2) is 4.43. The topological polar surface area (TPSA) is 108 Å². The zero-order valence-corrected chi connectivity index (χ0v) is 10.9. The molecule has 0 amide bonds. The van der Waals surface area contributed by atoms with Crippen LogP contribution in [0.1, 0.15) is 25.2 Å². The molecule has 1 heterocycles. The highest BCUT2D eigenvalue weighted by molar-refractivity contribution is 5.61. The van der Waals surface area contributed by atoms with E-state index in [0.717, 1.165) is 0 Å². The maximum atomic E-state index is 10.7. The number of benzene rings is 1. The number of nitrogens with zero attached hydrogens (tertiary/aromatic N) is 3. The van der Waals surface area contributed by atoms with Crippen molar-refractivity contribution in [1.82, 2.24) is 10.1 Å². The van der Waals surface area contributed by atoms with E-state index < -0.39 is 10.5 Å². The number of non-ortho nitro benzene ring substituents is 1. The van der Waals surface area contributed by atoms with Gasteiger partial charge in [-0.1, -0.05) is 5.16 Å². The molecule has 0 fully saturated rings. The number of nitro benzene ring substituents is 1. The van der Waals surface area contributed by atoms with Crippen LogP contribution in [0.15, 0.2) is 22.7 Å². The summed E-state index contributed by atoms with van der Waals surface area (Å²) >= 11 is 0. The van der Waals surface area contributed by atoms with E-state index in [2.05, 4.69) is 10.1 Å². The van der Waals surface area contributed by atoms with Crippen LogP contribution in [0.4, 0.5) is 5.69 Å². The third-order valence-corrected chi connectivity index (χ3v) is 2.65. The Morgan fingerprint density at radius 2 is 2.11 bits per heavy atom. The molecule has 0 unspecified atom stereocenters. The van der Waals surface area contributed by atoms with Gasteiger partial charge in [-0.3, -0.25) is 10.1 Å². The molecule has 19 heavy (non-hydrogen) atoms. The maximum Gasteiger partial charge on any atom is 0.269 e. The van der Waals surface area contributed by atoms with Gasteiger partial charge in [-0.05, 0) is 32.4 Å². The standard InChI is InChI=1S/C12H14N4O3/c1-7-6-8(16(17)18)4-5-9(7)10-14-11(15-19-10)12(2,3)13/h4-6H,13H2,1-3H3. The lowest BCUT2D eigenvalue weighted by Gasteiger charge is -2.11. The zero-order valence-electron chi connectivity index (χ0n) is 10.9. The molecule has 100 valence electrons. The largest absolute Gasteiger partial charge is 0.334 e. The normalized spacial score (nSPS) is 11.6. The molecule has 0 atom stereocenters. The smallest absolute Gasteiger partial charge is 0.269 e. The summed E-state index contributed by atoms with van der Waals surface area (Å²) in [5.74, 6) is 0.696. The molecule has 2 rings (SSSR count). The van der Waals surface area contributed by atoms with Crippen molar-refractivity contribution in [2.75, 3.05) is 0 Å². The van der Waals surface area contributed by atoms with Gasteiger partial charge in [0.2, 0.25) is 0 Å². The SMILES string of the molecule is Cc1cc([N+](=O)[O-])ccc1-c1nc(C(C)(C)N)no1. The van der Waals surface area contributed by atoms with E-state index in [0.29, 0.717) is 22.8 Å². The predicted molar refractivity (Wildman–Crippen MR) is 68.3 cm³/mol.